The third-order valence-electron chi connectivity index (χ3n) is 4.76. The Balaban J connectivity index is 1.78. The molecule has 1 N–H and O–H groups in total. The number of benzene rings is 2. The van der Waals surface area contributed by atoms with Gasteiger partial charge in [0, 0.05) is 28.8 Å². The number of nitro groups is 1. The van der Waals surface area contributed by atoms with Crippen molar-refractivity contribution < 1.29 is 4.92 Å². The van der Waals surface area contributed by atoms with E-state index >= 15 is 0 Å². The minimum atomic E-state index is -0.343. The molecular formula is C18H15ClN2O2. The summed E-state index contributed by atoms with van der Waals surface area (Å²) < 4.78 is 0. The number of allylic oxidation sites excluding steroid dienone is 2. The van der Waals surface area contributed by atoms with Crippen molar-refractivity contribution in [3.8, 4) is 0 Å². The fourth-order valence-corrected chi connectivity index (χ4v) is 3.91. The highest BCUT2D eigenvalue weighted by atomic mass is 35.5. The van der Waals surface area contributed by atoms with Crippen LogP contribution in [0.2, 0.25) is 5.02 Å². The summed E-state index contributed by atoms with van der Waals surface area (Å²) in [6.07, 6.45) is 5.37. The van der Waals surface area contributed by atoms with Crippen molar-refractivity contribution in [2.24, 2.45) is 5.92 Å². The largest absolute Gasteiger partial charge is 0.378 e. The molecule has 2 aromatic carbocycles. The first-order valence-electron chi connectivity index (χ1n) is 7.60. The van der Waals surface area contributed by atoms with E-state index in [4.69, 9.17) is 11.6 Å². The van der Waals surface area contributed by atoms with Gasteiger partial charge in [0.15, 0.2) is 0 Å². The van der Waals surface area contributed by atoms with Crippen molar-refractivity contribution in [3.63, 3.8) is 0 Å². The molecular weight excluding hydrogens is 312 g/mol. The molecule has 2 aliphatic rings. The number of nitro benzene ring substituents is 1. The molecule has 2 aromatic rings. The van der Waals surface area contributed by atoms with Crippen LogP contribution >= 0.6 is 11.6 Å². The Labute approximate surface area is 138 Å². The van der Waals surface area contributed by atoms with E-state index < -0.39 is 0 Å². The average molecular weight is 327 g/mol. The molecule has 5 heteroatoms. The molecule has 0 unspecified atom stereocenters. The van der Waals surface area contributed by atoms with Crippen molar-refractivity contribution in [3.05, 3.63) is 80.9 Å². The van der Waals surface area contributed by atoms with Crippen LogP contribution < -0.4 is 5.32 Å². The van der Waals surface area contributed by atoms with Crippen molar-refractivity contribution >= 4 is 23.0 Å². The van der Waals surface area contributed by atoms with Crippen molar-refractivity contribution in [2.45, 2.75) is 18.4 Å². The normalized spacial score (nSPS) is 24.7. The highest BCUT2D eigenvalue weighted by Gasteiger charge is 2.38. The second-order valence-corrected chi connectivity index (χ2v) is 6.50. The molecule has 0 amide bonds. The Morgan fingerprint density at radius 3 is 2.91 bits per heavy atom. The highest BCUT2D eigenvalue weighted by Crippen LogP contribution is 2.50. The minimum Gasteiger partial charge on any atom is -0.378 e. The maximum Gasteiger partial charge on any atom is 0.269 e. The number of rotatable bonds is 2. The van der Waals surface area contributed by atoms with E-state index in [0.29, 0.717) is 11.8 Å². The first-order chi connectivity index (χ1) is 11.1. The molecule has 1 aliphatic heterocycles. The van der Waals surface area contributed by atoms with Gasteiger partial charge in [-0.2, -0.15) is 0 Å². The van der Waals surface area contributed by atoms with Crippen molar-refractivity contribution in [1.29, 1.82) is 0 Å². The van der Waals surface area contributed by atoms with Gasteiger partial charge in [-0.05, 0) is 41.7 Å². The molecule has 0 saturated carbocycles. The lowest BCUT2D eigenvalue weighted by Gasteiger charge is -2.37. The molecule has 4 nitrogen and oxygen atoms in total. The Morgan fingerprint density at radius 1 is 1.22 bits per heavy atom. The first kappa shape index (κ1) is 14.3. The molecule has 0 spiro atoms. The zero-order valence-electron chi connectivity index (χ0n) is 12.3. The molecule has 116 valence electrons. The molecule has 4 rings (SSSR count). The van der Waals surface area contributed by atoms with E-state index in [1.54, 1.807) is 12.1 Å². The summed E-state index contributed by atoms with van der Waals surface area (Å²) in [5, 5.41) is 15.3. The van der Waals surface area contributed by atoms with Crippen LogP contribution in [-0.2, 0) is 0 Å². The predicted octanol–water partition coefficient (Wildman–Crippen LogP) is 5.07. The predicted molar refractivity (Wildman–Crippen MR) is 90.9 cm³/mol. The Kier molecular flexibility index (Phi) is 3.34. The molecule has 3 atom stereocenters. The molecule has 0 aromatic heterocycles. The standard InChI is InChI=1S/C18H15ClN2O2/c19-12-7-8-17-16(10-12)14-5-2-6-15(14)18(20-17)11-3-1-4-13(9-11)21(22)23/h1-5,7-10,14-15,18,20H,6H2/t14-,15-,18-/m0/s1. The van der Waals surface area contributed by atoms with Gasteiger partial charge in [-0.15, -0.1) is 0 Å². The lowest BCUT2D eigenvalue weighted by molar-refractivity contribution is -0.384. The third-order valence-corrected chi connectivity index (χ3v) is 5.00. The van der Waals surface area contributed by atoms with Gasteiger partial charge < -0.3 is 5.32 Å². The van der Waals surface area contributed by atoms with Gasteiger partial charge in [0.05, 0.1) is 11.0 Å². The van der Waals surface area contributed by atoms with E-state index in [2.05, 4.69) is 17.5 Å². The molecule has 1 heterocycles. The minimum absolute atomic E-state index is 0.0589. The van der Waals surface area contributed by atoms with Gasteiger partial charge in [-0.3, -0.25) is 10.1 Å². The van der Waals surface area contributed by atoms with Gasteiger partial charge in [0.2, 0.25) is 0 Å². The Bertz CT molecular complexity index is 818. The third kappa shape index (κ3) is 2.39. The van der Waals surface area contributed by atoms with Gasteiger partial charge >= 0.3 is 0 Å². The lowest BCUT2D eigenvalue weighted by Crippen LogP contribution is -2.29. The number of halogens is 1. The number of nitrogens with one attached hydrogen (secondary N) is 1. The van der Waals surface area contributed by atoms with E-state index in [1.807, 2.05) is 24.3 Å². The summed E-state index contributed by atoms with van der Waals surface area (Å²) in [5.74, 6) is 0.650. The van der Waals surface area contributed by atoms with Crippen LogP contribution in [0.4, 0.5) is 11.4 Å². The second kappa shape index (κ2) is 5.39. The van der Waals surface area contributed by atoms with Gasteiger partial charge in [0.25, 0.3) is 5.69 Å². The SMILES string of the molecule is O=[N+]([O-])c1cccc([C@@H]2Nc3ccc(Cl)cc3[C@H]3C=CC[C@@H]32)c1. The molecule has 0 saturated heterocycles. The summed E-state index contributed by atoms with van der Waals surface area (Å²) >= 11 is 6.15. The van der Waals surface area contributed by atoms with E-state index in [-0.39, 0.29) is 16.7 Å². The van der Waals surface area contributed by atoms with Crippen molar-refractivity contribution in [2.75, 3.05) is 5.32 Å². The molecule has 0 radical (unpaired) electrons. The number of hydrogen-bond donors (Lipinski definition) is 1. The lowest BCUT2D eigenvalue weighted by atomic mass is 9.77. The maximum absolute atomic E-state index is 11.1. The van der Waals surface area contributed by atoms with Crippen LogP contribution in [0, 0.1) is 16.0 Å². The summed E-state index contributed by atoms with van der Waals surface area (Å²) in [7, 11) is 0. The molecule has 0 bridgehead atoms. The van der Waals surface area contributed by atoms with Crippen LogP contribution in [0.1, 0.15) is 29.5 Å². The van der Waals surface area contributed by atoms with Crippen molar-refractivity contribution in [1.82, 2.24) is 0 Å². The first-order valence-corrected chi connectivity index (χ1v) is 7.98. The smallest absolute Gasteiger partial charge is 0.269 e. The second-order valence-electron chi connectivity index (χ2n) is 6.06. The quantitative estimate of drug-likeness (QED) is 0.476. The zero-order chi connectivity index (χ0) is 16.0. The fourth-order valence-electron chi connectivity index (χ4n) is 3.73. The van der Waals surface area contributed by atoms with E-state index in [9.17, 15) is 10.1 Å². The highest BCUT2D eigenvalue weighted by molar-refractivity contribution is 6.30. The maximum atomic E-state index is 11.1. The van der Waals surface area contributed by atoms with Crippen LogP contribution in [-0.4, -0.2) is 4.92 Å². The monoisotopic (exact) mass is 326 g/mol. The number of non-ortho nitro benzene ring substituents is 1. The summed E-state index contributed by atoms with van der Waals surface area (Å²) in [6, 6.07) is 12.9. The number of fused-ring (bicyclic) bond motifs is 3. The van der Waals surface area contributed by atoms with E-state index in [0.717, 1.165) is 22.7 Å². The zero-order valence-corrected chi connectivity index (χ0v) is 13.0. The number of hydrogen-bond acceptors (Lipinski definition) is 3. The Hall–Kier alpha value is -2.33. The average Bonchev–Trinajstić information content (AvgIpc) is 3.04. The number of anilines is 1. The molecule has 1 aliphatic carbocycles. The summed E-state index contributed by atoms with van der Waals surface area (Å²) in [4.78, 5) is 10.7. The van der Waals surface area contributed by atoms with Gasteiger partial charge in [-0.1, -0.05) is 35.9 Å². The van der Waals surface area contributed by atoms with E-state index in [1.165, 1.54) is 11.6 Å². The topological polar surface area (TPSA) is 55.2 Å². The Morgan fingerprint density at radius 2 is 2.09 bits per heavy atom. The van der Waals surface area contributed by atoms with Gasteiger partial charge in [0.1, 0.15) is 0 Å². The van der Waals surface area contributed by atoms with Crippen LogP contribution in [0.25, 0.3) is 0 Å². The van der Waals surface area contributed by atoms with Crippen LogP contribution in [0.5, 0.6) is 0 Å². The molecule has 0 fully saturated rings. The summed E-state index contributed by atoms with van der Waals surface area (Å²) in [6.45, 7) is 0. The van der Waals surface area contributed by atoms with Crippen LogP contribution in [0.15, 0.2) is 54.6 Å². The van der Waals surface area contributed by atoms with Gasteiger partial charge in [-0.25, -0.2) is 0 Å². The fraction of sp³-hybridized carbons (Fsp3) is 0.222. The molecule has 23 heavy (non-hydrogen) atoms. The van der Waals surface area contributed by atoms with Crippen LogP contribution in [0.3, 0.4) is 0 Å². The number of nitrogens with zero attached hydrogens (tertiary/aromatic N) is 1. The summed E-state index contributed by atoms with van der Waals surface area (Å²) in [5.41, 5.74) is 3.35.